The molecule has 1 aliphatic heterocycles. The molecule has 2 aliphatic rings. The summed E-state index contributed by atoms with van der Waals surface area (Å²) in [5.74, 6) is -2.30. The van der Waals surface area contributed by atoms with Gasteiger partial charge in [-0.3, -0.25) is 14.4 Å². The number of nitrogens with one attached hydrogen (secondary N) is 1. The molecule has 0 saturated heterocycles. The number of rotatable bonds is 4. The average molecular weight is 379 g/mol. The van der Waals surface area contributed by atoms with Gasteiger partial charge in [0.25, 0.3) is 0 Å². The van der Waals surface area contributed by atoms with Crippen LogP contribution in [0.25, 0.3) is 0 Å². The summed E-state index contributed by atoms with van der Waals surface area (Å²) in [6, 6.07) is 12.9. The zero-order chi connectivity index (χ0) is 19.7. The Hall–Kier alpha value is -3.15. The number of ether oxygens (including phenoxy) is 1. The van der Waals surface area contributed by atoms with Gasteiger partial charge in [0.2, 0.25) is 5.91 Å². The van der Waals surface area contributed by atoms with Gasteiger partial charge in [-0.25, -0.2) is 0 Å². The predicted molar refractivity (Wildman–Crippen MR) is 100 cm³/mol. The number of furan rings is 1. The minimum atomic E-state index is -0.980. The highest BCUT2D eigenvalue weighted by atomic mass is 16.5. The monoisotopic (exact) mass is 379 g/mol. The molecule has 144 valence electrons. The first-order valence-corrected chi connectivity index (χ1v) is 9.42. The summed E-state index contributed by atoms with van der Waals surface area (Å²) in [6.45, 7) is 1.91. The molecule has 0 saturated carbocycles. The van der Waals surface area contributed by atoms with E-state index >= 15 is 0 Å². The zero-order valence-electron chi connectivity index (χ0n) is 15.5. The van der Waals surface area contributed by atoms with Crippen LogP contribution in [0.2, 0.25) is 0 Å². The third-order valence-electron chi connectivity index (χ3n) is 5.38. The highest BCUT2D eigenvalue weighted by Gasteiger charge is 2.48. The predicted octanol–water partition coefficient (Wildman–Crippen LogP) is 3.07. The standard InChI is InChI=1S/C22H21NO5/c1-2-27-22(26)20-15(17-9-6-10-28-17)11-16-19(21(20)25)14(12-18(24)23-16)13-7-4-3-5-8-13/h3-10,14-15,20H,2,11-12H2,1H3,(H,23,24). The lowest BCUT2D eigenvalue weighted by atomic mass is 9.69. The van der Waals surface area contributed by atoms with Gasteiger partial charge in [-0.05, 0) is 31.0 Å². The van der Waals surface area contributed by atoms with E-state index in [0.717, 1.165) is 5.56 Å². The van der Waals surface area contributed by atoms with Crippen molar-refractivity contribution in [3.63, 3.8) is 0 Å². The fourth-order valence-electron chi connectivity index (χ4n) is 4.19. The first-order valence-electron chi connectivity index (χ1n) is 9.42. The number of benzene rings is 1. The molecule has 3 atom stereocenters. The number of carbonyl (C=O) groups is 3. The van der Waals surface area contributed by atoms with Crippen molar-refractivity contribution in [3.05, 3.63) is 71.3 Å². The number of hydrogen-bond acceptors (Lipinski definition) is 5. The van der Waals surface area contributed by atoms with E-state index in [0.29, 0.717) is 23.5 Å². The van der Waals surface area contributed by atoms with E-state index in [1.54, 1.807) is 19.1 Å². The van der Waals surface area contributed by atoms with Crippen LogP contribution in [0.4, 0.5) is 0 Å². The highest BCUT2D eigenvalue weighted by Crippen LogP contribution is 2.45. The maximum absolute atomic E-state index is 13.5. The zero-order valence-corrected chi connectivity index (χ0v) is 15.5. The Bertz CT molecular complexity index is 929. The van der Waals surface area contributed by atoms with Crippen LogP contribution in [0.15, 0.2) is 64.4 Å². The van der Waals surface area contributed by atoms with Crippen LogP contribution in [-0.2, 0) is 19.1 Å². The van der Waals surface area contributed by atoms with Gasteiger partial charge < -0.3 is 14.5 Å². The maximum atomic E-state index is 13.5. The Morgan fingerprint density at radius 1 is 1.14 bits per heavy atom. The molecular formula is C22H21NO5. The lowest BCUT2D eigenvalue weighted by molar-refractivity contribution is -0.152. The van der Waals surface area contributed by atoms with Gasteiger partial charge in [-0.2, -0.15) is 0 Å². The van der Waals surface area contributed by atoms with E-state index in [1.165, 1.54) is 6.26 Å². The van der Waals surface area contributed by atoms with Crippen molar-refractivity contribution in [2.75, 3.05) is 6.61 Å². The number of Topliss-reactive ketones (excluding diaryl/α,β-unsaturated/α-hetero) is 1. The lowest BCUT2D eigenvalue weighted by Gasteiger charge is -2.37. The summed E-state index contributed by atoms with van der Waals surface area (Å²) >= 11 is 0. The van der Waals surface area contributed by atoms with E-state index in [-0.39, 0.29) is 30.6 Å². The number of ketones is 1. The molecule has 1 N–H and O–H groups in total. The topological polar surface area (TPSA) is 85.6 Å². The van der Waals surface area contributed by atoms with Gasteiger partial charge in [0.05, 0.1) is 12.9 Å². The van der Waals surface area contributed by atoms with E-state index in [4.69, 9.17) is 9.15 Å². The van der Waals surface area contributed by atoms with Gasteiger partial charge in [0, 0.05) is 29.5 Å². The van der Waals surface area contributed by atoms with Crippen molar-refractivity contribution in [1.82, 2.24) is 5.32 Å². The molecule has 0 spiro atoms. The van der Waals surface area contributed by atoms with E-state index in [9.17, 15) is 14.4 Å². The van der Waals surface area contributed by atoms with Crippen molar-refractivity contribution in [3.8, 4) is 0 Å². The Morgan fingerprint density at radius 3 is 2.61 bits per heavy atom. The Morgan fingerprint density at radius 2 is 1.93 bits per heavy atom. The molecule has 4 rings (SSSR count). The van der Waals surface area contributed by atoms with E-state index in [2.05, 4.69) is 5.32 Å². The number of hydrogen-bond donors (Lipinski definition) is 1. The molecule has 3 unspecified atom stereocenters. The highest BCUT2D eigenvalue weighted by molar-refractivity contribution is 6.12. The van der Waals surface area contributed by atoms with Crippen molar-refractivity contribution >= 4 is 17.7 Å². The summed E-state index contributed by atoms with van der Waals surface area (Å²) in [4.78, 5) is 38.6. The van der Waals surface area contributed by atoms with Gasteiger partial charge in [0.1, 0.15) is 11.7 Å². The number of amides is 1. The summed E-state index contributed by atoms with van der Waals surface area (Å²) in [6.07, 6.45) is 2.03. The van der Waals surface area contributed by atoms with Crippen molar-refractivity contribution in [1.29, 1.82) is 0 Å². The van der Waals surface area contributed by atoms with Crippen LogP contribution in [0.5, 0.6) is 0 Å². The van der Waals surface area contributed by atoms with Crippen LogP contribution in [0.1, 0.15) is 42.9 Å². The van der Waals surface area contributed by atoms with E-state index < -0.39 is 17.8 Å². The Balaban J connectivity index is 1.81. The van der Waals surface area contributed by atoms with Gasteiger partial charge in [0.15, 0.2) is 5.78 Å². The summed E-state index contributed by atoms with van der Waals surface area (Å²) in [5.41, 5.74) is 1.97. The first kappa shape index (κ1) is 18.2. The largest absolute Gasteiger partial charge is 0.469 e. The third-order valence-corrected chi connectivity index (χ3v) is 5.38. The molecule has 0 fully saturated rings. The second-order valence-corrected chi connectivity index (χ2v) is 7.03. The van der Waals surface area contributed by atoms with Crippen LogP contribution < -0.4 is 5.32 Å². The maximum Gasteiger partial charge on any atom is 0.317 e. The molecule has 1 amide bonds. The average Bonchev–Trinajstić information content (AvgIpc) is 3.22. The fourth-order valence-corrected chi connectivity index (χ4v) is 4.19. The van der Waals surface area contributed by atoms with Gasteiger partial charge in [-0.1, -0.05) is 30.3 Å². The molecule has 6 heteroatoms. The minimum absolute atomic E-state index is 0.131. The SMILES string of the molecule is CCOC(=O)C1C(=O)C2=C(CC1c1ccco1)NC(=O)CC2c1ccccc1. The molecule has 6 nitrogen and oxygen atoms in total. The minimum Gasteiger partial charge on any atom is -0.469 e. The fraction of sp³-hybridized carbons (Fsp3) is 0.318. The van der Waals surface area contributed by atoms with E-state index in [1.807, 2.05) is 30.3 Å². The molecular weight excluding hydrogens is 358 g/mol. The third kappa shape index (κ3) is 3.15. The molecule has 0 bridgehead atoms. The van der Waals surface area contributed by atoms with Gasteiger partial charge >= 0.3 is 5.97 Å². The second kappa shape index (κ2) is 7.46. The van der Waals surface area contributed by atoms with Crippen LogP contribution in [0.3, 0.4) is 0 Å². The van der Waals surface area contributed by atoms with Crippen LogP contribution >= 0.6 is 0 Å². The summed E-state index contributed by atoms with van der Waals surface area (Å²) < 4.78 is 10.7. The second-order valence-electron chi connectivity index (χ2n) is 7.03. The molecule has 2 heterocycles. The van der Waals surface area contributed by atoms with Gasteiger partial charge in [-0.15, -0.1) is 0 Å². The van der Waals surface area contributed by atoms with Crippen molar-refractivity contribution < 1.29 is 23.5 Å². The van der Waals surface area contributed by atoms with Crippen LogP contribution in [-0.4, -0.2) is 24.3 Å². The lowest BCUT2D eigenvalue weighted by Crippen LogP contribution is -2.44. The first-order chi connectivity index (χ1) is 13.6. The summed E-state index contributed by atoms with van der Waals surface area (Å²) in [7, 11) is 0. The van der Waals surface area contributed by atoms with Crippen molar-refractivity contribution in [2.45, 2.75) is 31.6 Å². The quantitative estimate of drug-likeness (QED) is 0.652. The smallest absolute Gasteiger partial charge is 0.317 e. The van der Waals surface area contributed by atoms with Crippen molar-refractivity contribution in [2.24, 2.45) is 5.92 Å². The molecule has 1 aromatic carbocycles. The number of allylic oxidation sites excluding steroid dienone is 2. The van der Waals surface area contributed by atoms with Crippen LogP contribution in [0, 0.1) is 5.92 Å². The Labute approximate surface area is 162 Å². The molecule has 2 aromatic rings. The Kier molecular flexibility index (Phi) is 4.86. The molecule has 0 radical (unpaired) electrons. The molecule has 1 aromatic heterocycles. The number of esters is 1. The molecule has 1 aliphatic carbocycles. The normalized spacial score (nSPS) is 24.5. The number of carbonyl (C=O) groups excluding carboxylic acids is 3. The summed E-state index contributed by atoms with van der Waals surface area (Å²) in [5, 5.41) is 2.86. The molecule has 28 heavy (non-hydrogen) atoms.